The van der Waals surface area contributed by atoms with E-state index in [2.05, 4.69) is 0 Å². The molecule has 4 N–H and O–H groups in total. The van der Waals surface area contributed by atoms with Crippen molar-refractivity contribution in [3.05, 3.63) is 0 Å². The van der Waals surface area contributed by atoms with Crippen LogP contribution in [0.3, 0.4) is 0 Å². The van der Waals surface area contributed by atoms with Crippen LogP contribution < -0.4 is 0 Å². The molecule has 0 saturated carbocycles. The maximum atomic E-state index is 8.56. The lowest BCUT2D eigenvalue weighted by molar-refractivity contribution is 0.137. The number of hydrogen-bond donors (Lipinski definition) is 4. The largest absolute Gasteiger partial charge is 0.503 e. The fourth-order valence-corrected chi connectivity index (χ4v) is 0. The summed E-state index contributed by atoms with van der Waals surface area (Å²) in [6.07, 6.45) is -1.83. The van der Waals surface area contributed by atoms with Crippen LogP contribution in [-0.4, -0.2) is 37.7 Å². The third-order valence-corrected chi connectivity index (χ3v) is 0. The molecule has 0 spiro atoms. The number of halogens is 2. The van der Waals surface area contributed by atoms with Gasteiger partial charge >= 0.3 is 6.16 Å². The summed E-state index contributed by atoms with van der Waals surface area (Å²) in [6.45, 7) is 2.98. The maximum Gasteiger partial charge on any atom is 0.503 e. The highest BCUT2D eigenvalue weighted by Crippen LogP contribution is 1.80. The van der Waals surface area contributed by atoms with Crippen molar-refractivity contribution in [2.45, 2.75) is 25.0 Å². The maximum absolute atomic E-state index is 8.56. The second-order valence-corrected chi connectivity index (χ2v) is 2.69. The van der Waals surface area contributed by atoms with Gasteiger partial charge in [0.15, 0.2) is 0 Å². The van der Waals surface area contributed by atoms with Crippen molar-refractivity contribution in [2.24, 2.45) is 0 Å². The van der Waals surface area contributed by atoms with Crippen molar-refractivity contribution >= 4 is 29.4 Å². The highest BCUT2D eigenvalue weighted by Gasteiger charge is 1.73. The highest BCUT2D eigenvalue weighted by molar-refractivity contribution is 6.19. The Bertz CT molecular complexity index is 80.3. The molecule has 0 rings (SSSR count). The Balaban J connectivity index is -0.000000101. The Kier molecular flexibility index (Phi) is 19.8. The monoisotopic (exact) mass is 222 g/mol. The van der Waals surface area contributed by atoms with Crippen molar-refractivity contribution in [3.63, 3.8) is 0 Å². The van der Waals surface area contributed by atoms with E-state index in [9.17, 15) is 0 Å². The number of alkyl halides is 2. The molecule has 0 amide bonds. The zero-order valence-electron chi connectivity index (χ0n) is 6.61. The number of hydrogen-bond acceptors (Lipinski definition) is 3. The molecule has 0 fully saturated rings. The van der Waals surface area contributed by atoms with E-state index in [1.54, 1.807) is 0 Å². The van der Waals surface area contributed by atoms with Gasteiger partial charge in [0.05, 0.1) is 0 Å². The number of carbonyl (C=O) groups is 1. The molecule has 12 heavy (non-hydrogen) atoms. The normalized spacial score (nSPS) is 12.5. The van der Waals surface area contributed by atoms with Crippen molar-refractivity contribution in [1.82, 2.24) is 0 Å². The third kappa shape index (κ3) is 14200. The molecule has 0 aromatic carbocycles. The standard InChI is InChI=1S/2C2H5ClO.CH2O3/c2*1-2(3)4;2-1(3)4/h2*2,4H,1H3;(H2,2,3,4). The molecule has 0 radical (unpaired) electrons. The zero-order chi connectivity index (χ0) is 10.7. The van der Waals surface area contributed by atoms with Gasteiger partial charge in [-0.3, -0.25) is 0 Å². The Hall–Kier alpha value is -0.230. The fourth-order valence-electron chi connectivity index (χ4n) is 0. The Labute approximate surface area is 80.2 Å². The van der Waals surface area contributed by atoms with Gasteiger partial charge in [-0.25, -0.2) is 4.79 Å². The molecule has 0 aliphatic heterocycles. The van der Waals surface area contributed by atoms with E-state index in [0.29, 0.717) is 0 Å². The molecule has 0 heterocycles. The van der Waals surface area contributed by atoms with E-state index < -0.39 is 17.3 Å². The van der Waals surface area contributed by atoms with Gasteiger partial charge < -0.3 is 20.4 Å². The van der Waals surface area contributed by atoms with Crippen LogP contribution in [0.5, 0.6) is 0 Å². The second kappa shape index (κ2) is 13.4. The number of rotatable bonds is 0. The van der Waals surface area contributed by atoms with Gasteiger partial charge in [-0.05, 0) is 13.8 Å². The van der Waals surface area contributed by atoms with Crippen LogP contribution in [0, 0.1) is 0 Å². The molecule has 0 bridgehead atoms. The first kappa shape index (κ1) is 17.8. The number of aliphatic hydroxyl groups excluding tert-OH is 2. The Morgan fingerprint density at radius 3 is 1.08 bits per heavy atom. The molecule has 7 heteroatoms. The van der Waals surface area contributed by atoms with Crippen LogP contribution >= 0.6 is 23.2 Å². The van der Waals surface area contributed by atoms with Crippen LogP contribution in [0.15, 0.2) is 0 Å². The van der Waals surface area contributed by atoms with Gasteiger partial charge in [0.25, 0.3) is 0 Å². The van der Waals surface area contributed by atoms with Gasteiger partial charge in [-0.2, -0.15) is 0 Å². The zero-order valence-corrected chi connectivity index (χ0v) is 8.12. The van der Waals surface area contributed by atoms with E-state index in [0.717, 1.165) is 0 Å². The van der Waals surface area contributed by atoms with Crippen LogP contribution in [0.2, 0.25) is 0 Å². The molecular formula is C5H12Cl2O5. The minimum atomic E-state index is -1.83. The Morgan fingerprint density at radius 1 is 1.08 bits per heavy atom. The van der Waals surface area contributed by atoms with Crippen molar-refractivity contribution in [3.8, 4) is 0 Å². The lowest BCUT2D eigenvalue weighted by Crippen LogP contribution is -1.81. The number of carboxylic acid groups (broad SMARTS) is 2. The van der Waals surface area contributed by atoms with Crippen molar-refractivity contribution < 1.29 is 25.2 Å². The molecule has 0 aliphatic carbocycles. The van der Waals surface area contributed by atoms with E-state index in [1.165, 1.54) is 13.8 Å². The molecular weight excluding hydrogens is 211 g/mol. The van der Waals surface area contributed by atoms with E-state index in [-0.39, 0.29) is 0 Å². The predicted molar refractivity (Wildman–Crippen MR) is 45.7 cm³/mol. The van der Waals surface area contributed by atoms with Gasteiger partial charge in [0.2, 0.25) is 0 Å². The highest BCUT2D eigenvalue weighted by atomic mass is 35.5. The molecule has 0 aliphatic rings. The second-order valence-electron chi connectivity index (χ2n) is 1.43. The summed E-state index contributed by atoms with van der Waals surface area (Å²) in [4.78, 5) is 8.56. The smallest absolute Gasteiger partial charge is 0.450 e. The van der Waals surface area contributed by atoms with Gasteiger partial charge in [0.1, 0.15) is 11.1 Å². The van der Waals surface area contributed by atoms with Gasteiger partial charge in [0, 0.05) is 0 Å². The minimum Gasteiger partial charge on any atom is -0.450 e. The first-order valence-electron chi connectivity index (χ1n) is 2.76. The summed E-state index contributed by atoms with van der Waals surface area (Å²) in [6, 6.07) is 0. The van der Waals surface area contributed by atoms with E-state index in [4.69, 9.17) is 48.4 Å². The van der Waals surface area contributed by atoms with Crippen LogP contribution in [-0.2, 0) is 0 Å². The molecule has 0 aromatic rings. The number of aliphatic hydroxyl groups is 2. The molecule has 0 aromatic heterocycles. The lowest BCUT2D eigenvalue weighted by Gasteiger charge is -1.77. The van der Waals surface area contributed by atoms with E-state index in [1.807, 2.05) is 0 Å². The molecule has 5 nitrogen and oxygen atoms in total. The third-order valence-electron chi connectivity index (χ3n) is 0. The first-order valence-corrected chi connectivity index (χ1v) is 3.63. The van der Waals surface area contributed by atoms with Crippen LogP contribution in [0.25, 0.3) is 0 Å². The molecule has 2 unspecified atom stereocenters. The summed E-state index contributed by atoms with van der Waals surface area (Å²) in [5.74, 6) is 0. The quantitative estimate of drug-likeness (QED) is 0.464. The fraction of sp³-hybridized carbons (Fsp3) is 0.800. The van der Waals surface area contributed by atoms with Gasteiger partial charge in [-0.1, -0.05) is 23.2 Å². The Morgan fingerprint density at radius 2 is 1.08 bits per heavy atom. The average molecular weight is 223 g/mol. The summed E-state index contributed by atoms with van der Waals surface area (Å²) in [5.41, 5.74) is -1.39. The molecule has 0 saturated heterocycles. The van der Waals surface area contributed by atoms with Crippen molar-refractivity contribution in [2.75, 3.05) is 0 Å². The van der Waals surface area contributed by atoms with E-state index >= 15 is 0 Å². The summed E-state index contributed by atoms with van der Waals surface area (Å²) < 4.78 is 0. The van der Waals surface area contributed by atoms with Crippen LogP contribution in [0.1, 0.15) is 13.8 Å². The first-order chi connectivity index (χ1) is 5.20. The topological polar surface area (TPSA) is 98.0 Å². The summed E-state index contributed by atoms with van der Waals surface area (Å²) >= 11 is 9.66. The van der Waals surface area contributed by atoms with Gasteiger partial charge in [-0.15, -0.1) is 0 Å². The average Bonchev–Trinajstić information content (AvgIpc) is 1.54. The summed E-state index contributed by atoms with van der Waals surface area (Å²) in [5, 5.41) is 29.6. The lowest BCUT2D eigenvalue weighted by atomic mass is 10.9. The van der Waals surface area contributed by atoms with Crippen molar-refractivity contribution in [1.29, 1.82) is 0 Å². The minimum absolute atomic E-state index is 0.694. The SMILES string of the molecule is CC(O)Cl.CC(O)Cl.O=C(O)O. The van der Waals surface area contributed by atoms with Crippen LogP contribution in [0.4, 0.5) is 4.79 Å². The molecule has 76 valence electrons. The summed E-state index contributed by atoms with van der Waals surface area (Å²) in [7, 11) is 0. The predicted octanol–water partition coefficient (Wildman–Crippen LogP) is 1.35. The molecule has 2 atom stereocenters.